The fourth-order valence-electron chi connectivity index (χ4n) is 5.50. The standard InChI is InChI=1S/C24H30N4/c1-18-26-23-10-5-6-11-24(23)28(18)22-16-20-12-13-21(17-22)27(20)15-7-14-25-19-8-3-2-4-9-19/h2-6,8-11,20-22,25H,7,12-17H2,1H3. The molecule has 0 amide bonds. The molecule has 4 nitrogen and oxygen atoms in total. The van der Waals surface area contributed by atoms with E-state index in [1.165, 1.54) is 55.7 Å². The van der Waals surface area contributed by atoms with Gasteiger partial charge >= 0.3 is 0 Å². The average Bonchev–Trinajstić information content (AvgIpc) is 3.17. The Kier molecular flexibility index (Phi) is 4.81. The third-order valence-corrected chi connectivity index (χ3v) is 6.69. The summed E-state index contributed by atoms with van der Waals surface area (Å²) in [5.74, 6) is 1.17. The minimum Gasteiger partial charge on any atom is -0.385 e. The van der Waals surface area contributed by atoms with E-state index in [0.29, 0.717) is 6.04 Å². The molecule has 1 aromatic heterocycles. The first-order valence-corrected chi connectivity index (χ1v) is 10.8. The Morgan fingerprint density at radius 1 is 0.929 bits per heavy atom. The molecule has 2 aromatic carbocycles. The Labute approximate surface area is 167 Å². The van der Waals surface area contributed by atoms with E-state index in [1.54, 1.807) is 0 Å². The van der Waals surface area contributed by atoms with Crippen LogP contribution in [0, 0.1) is 6.92 Å². The summed E-state index contributed by atoms with van der Waals surface area (Å²) in [4.78, 5) is 7.61. The molecule has 0 radical (unpaired) electrons. The molecule has 0 saturated carbocycles. The molecule has 2 unspecified atom stereocenters. The zero-order valence-corrected chi connectivity index (χ0v) is 16.7. The van der Waals surface area contributed by atoms with Crippen molar-refractivity contribution in [2.75, 3.05) is 18.4 Å². The molecule has 2 aliphatic heterocycles. The summed E-state index contributed by atoms with van der Waals surface area (Å²) in [6.45, 7) is 4.43. The molecule has 4 heteroatoms. The van der Waals surface area contributed by atoms with E-state index in [1.807, 2.05) is 0 Å². The monoisotopic (exact) mass is 374 g/mol. The van der Waals surface area contributed by atoms with E-state index >= 15 is 0 Å². The summed E-state index contributed by atoms with van der Waals surface area (Å²) in [5, 5.41) is 3.55. The Morgan fingerprint density at radius 3 is 2.43 bits per heavy atom. The van der Waals surface area contributed by atoms with Crippen LogP contribution >= 0.6 is 0 Å². The largest absolute Gasteiger partial charge is 0.385 e. The predicted molar refractivity (Wildman–Crippen MR) is 116 cm³/mol. The van der Waals surface area contributed by atoms with Crippen LogP contribution in [-0.2, 0) is 0 Å². The summed E-state index contributed by atoms with van der Waals surface area (Å²) >= 11 is 0. The minimum atomic E-state index is 0.601. The maximum Gasteiger partial charge on any atom is 0.106 e. The lowest BCUT2D eigenvalue weighted by Gasteiger charge is -2.40. The van der Waals surface area contributed by atoms with Gasteiger partial charge in [-0.25, -0.2) is 4.98 Å². The van der Waals surface area contributed by atoms with Crippen molar-refractivity contribution < 1.29 is 0 Å². The van der Waals surface area contributed by atoms with Gasteiger partial charge in [-0.3, -0.25) is 4.90 Å². The van der Waals surface area contributed by atoms with Gasteiger partial charge in [0, 0.05) is 36.9 Å². The molecule has 2 atom stereocenters. The van der Waals surface area contributed by atoms with Crippen LogP contribution in [0.2, 0.25) is 0 Å². The number of para-hydroxylation sites is 3. The second-order valence-corrected chi connectivity index (χ2v) is 8.41. The summed E-state index contributed by atoms with van der Waals surface area (Å²) in [5.41, 5.74) is 3.68. The zero-order valence-electron chi connectivity index (χ0n) is 16.7. The number of nitrogens with one attached hydrogen (secondary N) is 1. The van der Waals surface area contributed by atoms with Crippen LogP contribution in [0.4, 0.5) is 5.69 Å². The maximum atomic E-state index is 4.81. The third-order valence-electron chi connectivity index (χ3n) is 6.69. The van der Waals surface area contributed by atoms with Crippen molar-refractivity contribution in [2.45, 2.75) is 57.2 Å². The number of hydrogen-bond acceptors (Lipinski definition) is 3. The summed E-state index contributed by atoms with van der Waals surface area (Å²) in [6.07, 6.45) is 6.46. The molecule has 28 heavy (non-hydrogen) atoms. The molecule has 2 fully saturated rings. The number of benzene rings is 2. The number of aryl methyl sites for hydroxylation is 1. The molecular weight excluding hydrogens is 344 g/mol. The van der Waals surface area contributed by atoms with Crippen LogP contribution < -0.4 is 5.32 Å². The van der Waals surface area contributed by atoms with Crippen molar-refractivity contribution >= 4 is 16.7 Å². The number of fused-ring (bicyclic) bond motifs is 3. The van der Waals surface area contributed by atoms with E-state index in [4.69, 9.17) is 4.98 Å². The molecule has 2 bridgehead atoms. The van der Waals surface area contributed by atoms with E-state index in [-0.39, 0.29) is 0 Å². The Hall–Kier alpha value is -2.33. The molecule has 146 valence electrons. The average molecular weight is 375 g/mol. The fourth-order valence-corrected chi connectivity index (χ4v) is 5.50. The second-order valence-electron chi connectivity index (χ2n) is 8.41. The molecule has 3 heterocycles. The number of piperidine rings is 1. The first kappa shape index (κ1) is 17.7. The molecule has 1 N–H and O–H groups in total. The van der Waals surface area contributed by atoms with Crippen molar-refractivity contribution in [1.82, 2.24) is 14.5 Å². The van der Waals surface area contributed by atoms with Crippen LogP contribution in [-0.4, -0.2) is 39.6 Å². The van der Waals surface area contributed by atoms with Crippen LogP contribution in [0.25, 0.3) is 11.0 Å². The third kappa shape index (κ3) is 3.30. The molecule has 0 aliphatic carbocycles. The second kappa shape index (κ2) is 7.59. The van der Waals surface area contributed by atoms with E-state index < -0.39 is 0 Å². The lowest BCUT2D eigenvalue weighted by molar-refractivity contribution is 0.107. The fraction of sp³-hybridized carbons (Fsp3) is 0.458. The van der Waals surface area contributed by atoms with Gasteiger partial charge in [0.1, 0.15) is 5.82 Å². The van der Waals surface area contributed by atoms with Gasteiger partial charge in [-0.1, -0.05) is 30.3 Å². The van der Waals surface area contributed by atoms with Crippen LogP contribution in [0.3, 0.4) is 0 Å². The van der Waals surface area contributed by atoms with Crippen molar-refractivity contribution in [1.29, 1.82) is 0 Å². The summed E-state index contributed by atoms with van der Waals surface area (Å²) in [7, 11) is 0. The highest BCUT2D eigenvalue weighted by Gasteiger charge is 2.41. The van der Waals surface area contributed by atoms with Gasteiger partial charge in [-0.05, 0) is 63.3 Å². The number of aromatic nitrogens is 2. The Balaban J connectivity index is 1.22. The first-order valence-electron chi connectivity index (χ1n) is 10.8. The lowest BCUT2D eigenvalue weighted by Crippen LogP contribution is -2.44. The normalized spacial score (nSPS) is 24.7. The van der Waals surface area contributed by atoms with Crippen LogP contribution in [0.1, 0.15) is 44.0 Å². The Bertz CT molecular complexity index is 918. The van der Waals surface area contributed by atoms with E-state index in [2.05, 4.69) is 76.3 Å². The highest BCUT2D eigenvalue weighted by molar-refractivity contribution is 5.76. The summed E-state index contributed by atoms with van der Waals surface area (Å²) in [6, 6.07) is 21.2. The molecular formula is C24H30N4. The number of hydrogen-bond donors (Lipinski definition) is 1. The molecule has 3 aromatic rings. The van der Waals surface area contributed by atoms with Crippen LogP contribution in [0.5, 0.6) is 0 Å². The lowest BCUT2D eigenvalue weighted by atomic mass is 9.96. The number of anilines is 1. The van der Waals surface area contributed by atoms with Gasteiger partial charge in [0.25, 0.3) is 0 Å². The number of imidazole rings is 1. The van der Waals surface area contributed by atoms with Crippen molar-refractivity contribution in [3.8, 4) is 0 Å². The van der Waals surface area contributed by atoms with Crippen molar-refractivity contribution in [2.24, 2.45) is 0 Å². The minimum absolute atomic E-state index is 0.601. The Morgan fingerprint density at radius 2 is 1.64 bits per heavy atom. The van der Waals surface area contributed by atoms with Crippen molar-refractivity contribution in [3.05, 3.63) is 60.4 Å². The van der Waals surface area contributed by atoms with Gasteiger partial charge in [-0.2, -0.15) is 0 Å². The molecule has 2 saturated heterocycles. The molecule has 5 rings (SSSR count). The number of nitrogens with zero attached hydrogens (tertiary/aromatic N) is 3. The smallest absolute Gasteiger partial charge is 0.106 e. The van der Waals surface area contributed by atoms with E-state index in [9.17, 15) is 0 Å². The topological polar surface area (TPSA) is 33.1 Å². The molecule has 2 aliphatic rings. The van der Waals surface area contributed by atoms with Gasteiger partial charge in [-0.15, -0.1) is 0 Å². The number of rotatable bonds is 6. The molecule has 0 spiro atoms. The van der Waals surface area contributed by atoms with Gasteiger partial charge < -0.3 is 9.88 Å². The van der Waals surface area contributed by atoms with Gasteiger partial charge in [0.05, 0.1) is 11.0 Å². The van der Waals surface area contributed by atoms with Gasteiger partial charge in [0.15, 0.2) is 0 Å². The highest BCUT2D eigenvalue weighted by atomic mass is 15.2. The first-order chi connectivity index (χ1) is 13.8. The highest BCUT2D eigenvalue weighted by Crippen LogP contribution is 2.42. The van der Waals surface area contributed by atoms with Crippen LogP contribution in [0.15, 0.2) is 54.6 Å². The van der Waals surface area contributed by atoms with E-state index in [0.717, 1.165) is 24.1 Å². The van der Waals surface area contributed by atoms with Gasteiger partial charge in [0.2, 0.25) is 0 Å². The van der Waals surface area contributed by atoms with Crippen molar-refractivity contribution in [3.63, 3.8) is 0 Å². The quantitative estimate of drug-likeness (QED) is 0.615. The SMILES string of the molecule is Cc1nc2ccccc2n1C1CC2CCC(C1)N2CCCNc1ccccc1. The predicted octanol–water partition coefficient (Wildman–Crippen LogP) is 5.01. The zero-order chi connectivity index (χ0) is 18.9. The maximum absolute atomic E-state index is 4.81. The summed E-state index contributed by atoms with van der Waals surface area (Å²) < 4.78 is 2.52.